The van der Waals surface area contributed by atoms with Gasteiger partial charge >= 0.3 is 24.5 Å². The van der Waals surface area contributed by atoms with E-state index in [4.69, 9.17) is 36.4 Å². The Morgan fingerprint density at radius 2 is 1.77 bits per heavy atom. The number of nitrogens with two attached hydrogens (primary N) is 1. The maximum Gasteiger partial charge on any atom is 0.667 e. The van der Waals surface area contributed by atoms with Gasteiger partial charge in [0.25, 0.3) is 0 Å². The standard InChI is InChI=1S/C5H17BNO12P3/c6-5-1-3(17-7)4(16-5)2-15-21(11,12)19-22(13,14)18-20(8,9)10/h3-6,8-14H,1-2,7H2/q+3/t3-,4-,5-/m1/s1/i6T. The smallest absolute Gasteiger partial charge is 0.379 e. The SMILES string of the molecule is [3H][B][C@H]1C[C@@H](ON)[C@@H](CO[P+](O)(O)O[P+](O)(O)O[P+](O)(O)O)O1. The van der Waals surface area contributed by atoms with Crippen LogP contribution >= 0.6 is 24.5 Å². The largest absolute Gasteiger partial charge is 0.667 e. The molecule has 1 aliphatic rings. The summed E-state index contributed by atoms with van der Waals surface area (Å²) in [5, 5.41) is 0. The molecule has 17 heteroatoms. The van der Waals surface area contributed by atoms with Crippen molar-refractivity contribution in [3.8, 4) is 0 Å². The fraction of sp³-hybridized carbons (Fsp3) is 1.00. The summed E-state index contributed by atoms with van der Waals surface area (Å²) in [6.45, 7) is -0.579. The zero-order valence-electron chi connectivity index (χ0n) is 11.8. The van der Waals surface area contributed by atoms with E-state index in [0.717, 1.165) is 7.81 Å². The molecule has 1 radical (unpaired) electrons. The second-order valence-corrected chi connectivity index (χ2v) is 8.63. The molecule has 9 N–H and O–H groups in total. The van der Waals surface area contributed by atoms with E-state index in [1.165, 1.54) is 0 Å². The van der Waals surface area contributed by atoms with Crippen molar-refractivity contribution in [1.29, 1.82) is 1.34 Å². The Morgan fingerprint density at radius 3 is 2.27 bits per heavy atom. The zero-order valence-corrected chi connectivity index (χ0v) is 13.5. The summed E-state index contributed by atoms with van der Waals surface area (Å²) in [4.78, 5) is 67.4. The van der Waals surface area contributed by atoms with Crippen molar-refractivity contribution in [3.63, 3.8) is 0 Å². The van der Waals surface area contributed by atoms with Crippen LogP contribution in [0.25, 0.3) is 0 Å². The van der Waals surface area contributed by atoms with Crippen LogP contribution in [0.5, 0.6) is 0 Å². The molecule has 129 valence electrons. The predicted molar refractivity (Wildman–Crippen MR) is 73.9 cm³/mol. The van der Waals surface area contributed by atoms with Gasteiger partial charge in [-0.2, -0.15) is 34.3 Å². The predicted octanol–water partition coefficient (Wildman–Crippen LogP) is -2.71. The normalized spacial score (nSPS) is 27.8. The zero-order chi connectivity index (χ0) is 17.9. The van der Waals surface area contributed by atoms with Crippen LogP contribution in [0, 0.1) is 0 Å². The molecule has 0 aromatic heterocycles. The molecule has 13 nitrogen and oxygen atoms in total. The number of hydrogen-bond acceptors (Lipinski definition) is 13. The monoisotopic (exact) mass is 389 g/mol. The summed E-state index contributed by atoms with van der Waals surface area (Å²) in [5.74, 6) is 5.02. The minimum atomic E-state index is -5.20. The van der Waals surface area contributed by atoms with Gasteiger partial charge in [-0.3, -0.25) is 4.84 Å². The maximum absolute atomic E-state index is 9.43. The lowest BCUT2D eigenvalue weighted by molar-refractivity contribution is -0.0404. The molecule has 0 unspecified atom stereocenters. The van der Waals surface area contributed by atoms with Gasteiger partial charge < -0.3 is 4.74 Å². The summed E-state index contributed by atoms with van der Waals surface area (Å²) < 4.78 is 24.4. The quantitative estimate of drug-likeness (QED) is 0.115. The third kappa shape index (κ3) is 7.60. The van der Waals surface area contributed by atoms with E-state index >= 15 is 0 Å². The highest BCUT2D eigenvalue weighted by Crippen LogP contribution is 2.75. The van der Waals surface area contributed by atoms with E-state index in [9.17, 15) is 9.79 Å². The molecule has 1 saturated heterocycles. The summed E-state index contributed by atoms with van der Waals surface area (Å²) >= 11 is 0. The molecule has 1 heterocycles. The molecule has 0 spiro atoms. The van der Waals surface area contributed by atoms with E-state index in [2.05, 4.69) is 18.0 Å². The Bertz CT molecular complexity index is 386. The van der Waals surface area contributed by atoms with Gasteiger partial charge in [0.15, 0.2) is 0 Å². The molecular formula is C5H17BNO12P3+3. The first-order valence-electron chi connectivity index (χ1n) is 6.01. The number of rotatable bonds is 9. The lowest BCUT2D eigenvalue weighted by Crippen LogP contribution is -2.31. The summed E-state index contributed by atoms with van der Waals surface area (Å²) in [6, 6.07) is -0.627. The third-order valence-corrected chi connectivity index (χ3v) is 6.15. The van der Waals surface area contributed by atoms with Gasteiger partial charge in [-0.1, -0.05) is 0 Å². The average Bonchev–Trinajstić information content (AvgIpc) is 2.74. The van der Waals surface area contributed by atoms with Crippen molar-refractivity contribution >= 4 is 32.3 Å². The van der Waals surface area contributed by atoms with Crippen molar-refractivity contribution in [1.82, 2.24) is 0 Å². The van der Waals surface area contributed by atoms with Crippen molar-refractivity contribution in [3.05, 3.63) is 0 Å². The van der Waals surface area contributed by atoms with Crippen LogP contribution in [0.15, 0.2) is 0 Å². The summed E-state index contributed by atoms with van der Waals surface area (Å²) in [7, 11) is -14.2. The first-order chi connectivity index (χ1) is 10.4. The van der Waals surface area contributed by atoms with Crippen LogP contribution in [-0.4, -0.2) is 68.2 Å². The van der Waals surface area contributed by atoms with Gasteiger partial charge in [0, 0.05) is 6.00 Å². The van der Waals surface area contributed by atoms with Crippen LogP contribution in [0.1, 0.15) is 6.42 Å². The second-order valence-electron chi connectivity index (χ2n) is 4.08. The second kappa shape index (κ2) is 7.81. The molecule has 0 saturated carbocycles. The van der Waals surface area contributed by atoms with E-state index in [-0.39, 0.29) is 6.42 Å². The molecule has 0 bridgehead atoms. The molecule has 1 fully saturated rings. The fourth-order valence-corrected chi connectivity index (χ4v) is 4.70. The molecular weight excluding hydrogens is 370 g/mol. The average molecular weight is 389 g/mol. The lowest BCUT2D eigenvalue weighted by Gasteiger charge is -2.16. The molecule has 3 atom stereocenters. The van der Waals surface area contributed by atoms with E-state index < -0.39 is 49.3 Å². The highest BCUT2D eigenvalue weighted by atomic mass is 31.3. The molecule has 22 heavy (non-hydrogen) atoms. The van der Waals surface area contributed by atoms with Gasteiger partial charge in [0.1, 0.15) is 26.6 Å². The maximum atomic E-state index is 9.43. The van der Waals surface area contributed by atoms with Crippen molar-refractivity contribution in [2.75, 3.05) is 6.61 Å². The van der Waals surface area contributed by atoms with Gasteiger partial charge in [-0.05, 0) is 7.76 Å². The Kier molecular flexibility index (Phi) is 6.80. The van der Waals surface area contributed by atoms with Crippen LogP contribution in [0.3, 0.4) is 0 Å². The minimum absolute atomic E-state index is 0.212. The van der Waals surface area contributed by atoms with Crippen LogP contribution < -0.4 is 5.90 Å². The summed E-state index contributed by atoms with van der Waals surface area (Å²) in [6.07, 6.45) is -1.43. The summed E-state index contributed by atoms with van der Waals surface area (Å²) in [5.41, 5.74) is 0. The Labute approximate surface area is 128 Å². The highest BCUT2D eigenvalue weighted by molar-refractivity contribution is 7.73. The number of ether oxygens (including phenoxy) is 1. The van der Waals surface area contributed by atoms with Crippen LogP contribution in [-0.2, 0) is 22.7 Å². The highest BCUT2D eigenvalue weighted by Gasteiger charge is 2.69. The van der Waals surface area contributed by atoms with Crippen LogP contribution in [0.4, 0.5) is 0 Å². The Hall–Kier alpha value is 0.835. The third-order valence-electron chi connectivity index (χ3n) is 2.24. The van der Waals surface area contributed by atoms with Gasteiger partial charge in [0.05, 0.1) is 8.62 Å². The van der Waals surface area contributed by atoms with Crippen molar-refractivity contribution in [2.45, 2.75) is 24.6 Å². The van der Waals surface area contributed by atoms with Crippen LogP contribution in [0.2, 0.25) is 0 Å². The molecule has 0 aromatic carbocycles. The first-order valence-corrected chi connectivity index (χ1v) is 10.1. The van der Waals surface area contributed by atoms with E-state index in [1.807, 2.05) is 0 Å². The molecule has 1 rings (SSSR count). The van der Waals surface area contributed by atoms with Gasteiger partial charge in [-0.15, -0.1) is 4.52 Å². The molecule has 0 aromatic rings. The van der Waals surface area contributed by atoms with E-state index in [1.54, 1.807) is 0 Å². The Morgan fingerprint density at radius 1 is 1.14 bits per heavy atom. The van der Waals surface area contributed by atoms with Crippen molar-refractivity contribution in [2.24, 2.45) is 5.90 Å². The molecule has 0 amide bonds. The topological polar surface area (TPSA) is 214 Å². The number of hydrogen-bond donors (Lipinski definition) is 8. The first kappa shape index (κ1) is 19.2. The molecule has 1 aliphatic heterocycles. The molecule has 0 aliphatic carbocycles. The fourth-order valence-electron chi connectivity index (χ4n) is 1.53. The Balaban J connectivity index is 2.54. The lowest BCUT2D eigenvalue weighted by atomic mass is 9.96. The van der Waals surface area contributed by atoms with Gasteiger partial charge in [0.2, 0.25) is 0 Å². The van der Waals surface area contributed by atoms with Gasteiger partial charge in [-0.25, -0.2) is 5.90 Å². The van der Waals surface area contributed by atoms with E-state index in [0.29, 0.717) is 0 Å². The van der Waals surface area contributed by atoms with Crippen molar-refractivity contribution < 1.29 is 57.0 Å². The minimum Gasteiger partial charge on any atom is -0.379 e.